The third kappa shape index (κ3) is 3.95. The minimum absolute atomic E-state index is 1.07. The van der Waals surface area contributed by atoms with E-state index in [4.69, 9.17) is 0 Å². The van der Waals surface area contributed by atoms with Gasteiger partial charge in [-0.3, -0.25) is 0 Å². The van der Waals surface area contributed by atoms with E-state index in [1.807, 2.05) is 0 Å². The quantitative estimate of drug-likeness (QED) is 0.716. The summed E-state index contributed by atoms with van der Waals surface area (Å²) >= 11 is 0. The first kappa shape index (κ1) is 13.9. The Morgan fingerprint density at radius 1 is 1.12 bits per heavy atom. The molecule has 0 aliphatic carbocycles. The van der Waals surface area contributed by atoms with E-state index in [0.29, 0.717) is 0 Å². The summed E-state index contributed by atoms with van der Waals surface area (Å²) in [5.41, 5.74) is 3.94. The zero-order valence-corrected chi connectivity index (χ0v) is 11.7. The van der Waals surface area contributed by atoms with Crippen LogP contribution in [0.4, 0.5) is 11.4 Å². The van der Waals surface area contributed by atoms with E-state index < -0.39 is 0 Å². The molecule has 0 amide bonds. The van der Waals surface area contributed by atoms with Gasteiger partial charge in [0.25, 0.3) is 0 Å². The van der Waals surface area contributed by atoms with Crippen LogP contribution in [0, 0.1) is 6.92 Å². The number of nitrogens with zero attached hydrogens (tertiary/aromatic N) is 1. The molecule has 0 aromatic heterocycles. The van der Waals surface area contributed by atoms with Gasteiger partial charge in [0.15, 0.2) is 0 Å². The molecule has 0 unspecified atom stereocenters. The third-order valence-corrected chi connectivity index (χ3v) is 3.18. The SMILES string of the molecule is CCCCNc1ccc(N(CC)CC)cc1C. The van der Waals surface area contributed by atoms with Crippen LogP contribution in [0.15, 0.2) is 18.2 Å². The van der Waals surface area contributed by atoms with Crippen LogP contribution in [0.3, 0.4) is 0 Å². The zero-order chi connectivity index (χ0) is 12.7. The predicted octanol–water partition coefficient (Wildman–Crippen LogP) is 4.05. The first-order chi connectivity index (χ1) is 8.22. The molecule has 17 heavy (non-hydrogen) atoms. The number of hydrogen-bond acceptors (Lipinski definition) is 2. The van der Waals surface area contributed by atoms with E-state index in [2.05, 4.69) is 56.1 Å². The maximum absolute atomic E-state index is 3.50. The molecule has 1 aromatic rings. The van der Waals surface area contributed by atoms with E-state index in [-0.39, 0.29) is 0 Å². The minimum Gasteiger partial charge on any atom is -0.385 e. The third-order valence-electron chi connectivity index (χ3n) is 3.18. The van der Waals surface area contributed by atoms with Crippen molar-refractivity contribution in [2.24, 2.45) is 0 Å². The smallest absolute Gasteiger partial charge is 0.0371 e. The Morgan fingerprint density at radius 3 is 2.35 bits per heavy atom. The second kappa shape index (κ2) is 7.21. The van der Waals surface area contributed by atoms with Crippen LogP contribution in [-0.2, 0) is 0 Å². The van der Waals surface area contributed by atoms with Gasteiger partial charge < -0.3 is 10.2 Å². The van der Waals surface area contributed by atoms with Gasteiger partial charge >= 0.3 is 0 Å². The predicted molar refractivity (Wildman–Crippen MR) is 78.1 cm³/mol. The fourth-order valence-electron chi connectivity index (χ4n) is 2.03. The molecule has 0 saturated heterocycles. The first-order valence-corrected chi connectivity index (χ1v) is 6.82. The van der Waals surface area contributed by atoms with Gasteiger partial charge in [-0.05, 0) is 51.0 Å². The Labute approximate surface area is 106 Å². The van der Waals surface area contributed by atoms with Gasteiger partial charge in [0, 0.05) is 31.0 Å². The lowest BCUT2D eigenvalue weighted by atomic mass is 10.1. The van der Waals surface area contributed by atoms with Gasteiger partial charge in [-0.15, -0.1) is 0 Å². The maximum Gasteiger partial charge on any atom is 0.0371 e. The number of rotatable bonds is 7. The molecule has 2 heteroatoms. The number of unbranched alkanes of at least 4 members (excludes halogenated alkanes) is 1. The van der Waals surface area contributed by atoms with E-state index in [9.17, 15) is 0 Å². The Bertz CT molecular complexity index is 330. The fourth-order valence-corrected chi connectivity index (χ4v) is 2.03. The highest BCUT2D eigenvalue weighted by atomic mass is 15.1. The van der Waals surface area contributed by atoms with Gasteiger partial charge in [0.2, 0.25) is 0 Å². The van der Waals surface area contributed by atoms with Gasteiger partial charge in [-0.25, -0.2) is 0 Å². The second-order valence-corrected chi connectivity index (χ2v) is 4.45. The number of hydrogen-bond donors (Lipinski definition) is 1. The number of nitrogens with one attached hydrogen (secondary N) is 1. The summed E-state index contributed by atoms with van der Waals surface area (Å²) in [6.45, 7) is 12.0. The molecule has 1 aromatic carbocycles. The summed E-state index contributed by atoms with van der Waals surface area (Å²) in [4.78, 5) is 2.38. The molecule has 0 radical (unpaired) electrons. The Kier molecular flexibility index (Phi) is 5.88. The lowest BCUT2D eigenvalue weighted by Crippen LogP contribution is -2.21. The Morgan fingerprint density at radius 2 is 1.82 bits per heavy atom. The zero-order valence-electron chi connectivity index (χ0n) is 11.7. The summed E-state index contributed by atoms with van der Waals surface area (Å²) < 4.78 is 0. The average molecular weight is 234 g/mol. The van der Waals surface area contributed by atoms with Crippen molar-refractivity contribution in [1.82, 2.24) is 0 Å². The van der Waals surface area contributed by atoms with Crippen molar-refractivity contribution < 1.29 is 0 Å². The van der Waals surface area contributed by atoms with Crippen molar-refractivity contribution in [1.29, 1.82) is 0 Å². The summed E-state index contributed by atoms with van der Waals surface area (Å²) in [6.07, 6.45) is 2.47. The summed E-state index contributed by atoms with van der Waals surface area (Å²) in [5, 5.41) is 3.50. The number of anilines is 2. The van der Waals surface area contributed by atoms with Crippen molar-refractivity contribution in [3.8, 4) is 0 Å². The van der Waals surface area contributed by atoms with Gasteiger partial charge in [0.1, 0.15) is 0 Å². The molecule has 0 bridgehead atoms. The molecule has 0 fully saturated rings. The molecule has 1 N–H and O–H groups in total. The summed E-state index contributed by atoms with van der Waals surface area (Å²) in [7, 11) is 0. The lowest BCUT2D eigenvalue weighted by molar-refractivity contribution is 0.833. The maximum atomic E-state index is 3.50. The Hall–Kier alpha value is -1.18. The molecule has 2 nitrogen and oxygen atoms in total. The van der Waals surface area contributed by atoms with Crippen LogP contribution >= 0.6 is 0 Å². The first-order valence-electron chi connectivity index (χ1n) is 6.82. The normalized spacial score (nSPS) is 10.4. The van der Waals surface area contributed by atoms with Crippen molar-refractivity contribution in [3.63, 3.8) is 0 Å². The van der Waals surface area contributed by atoms with E-state index in [1.54, 1.807) is 0 Å². The Balaban J connectivity index is 2.71. The molecule has 0 spiro atoms. The standard InChI is InChI=1S/C15H26N2/c1-5-8-11-16-15-10-9-14(12-13(15)4)17(6-2)7-3/h9-10,12,16H,5-8,11H2,1-4H3. The van der Waals surface area contributed by atoms with Crippen LogP contribution in [0.25, 0.3) is 0 Å². The van der Waals surface area contributed by atoms with Crippen LogP contribution in [0.2, 0.25) is 0 Å². The van der Waals surface area contributed by atoms with Crippen molar-refractivity contribution in [2.75, 3.05) is 29.9 Å². The topological polar surface area (TPSA) is 15.3 Å². The summed E-state index contributed by atoms with van der Waals surface area (Å²) in [5.74, 6) is 0. The van der Waals surface area contributed by atoms with Crippen LogP contribution < -0.4 is 10.2 Å². The summed E-state index contributed by atoms with van der Waals surface area (Å²) in [6, 6.07) is 6.70. The molecule has 0 heterocycles. The number of aryl methyl sites for hydroxylation is 1. The molecular weight excluding hydrogens is 208 g/mol. The molecule has 1 rings (SSSR count). The largest absolute Gasteiger partial charge is 0.385 e. The molecular formula is C15H26N2. The van der Waals surface area contributed by atoms with Crippen LogP contribution in [-0.4, -0.2) is 19.6 Å². The minimum atomic E-state index is 1.07. The highest BCUT2D eigenvalue weighted by Crippen LogP contribution is 2.22. The van der Waals surface area contributed by atoms with Crippen molar-refractivity contribution in [2.45, 2.75) is 40.5 Å². The second-order valence-electron chi connectivity index (χ2n) is 4.45. The molecule has 0 atom stereocenters. The lowest BCUT2D eigenvalue weighted by Gasteiger charge is -2.22. The molecule has 96 valence electrons. The number of benzene rings is 1. The van der Waals surface area contributed by atoms with E-state index in [0.717, 1.165) is 19.6 Å². The van der Waals surface area contributed by atoms with Gasteiger partial charge in [-0.2, -0.15) is 0 Å². The van der Waals surface area contributed by atoms with E-state index in [1.165, 1.54) is 29.8 Å². The highest BCUT2D eigenvalue weighted by Gasteiger charge is 2.04. The average Bonchev–Trinajstić information content (AvgIpc) is 2.33. The fraction of sp³-hybridized carbons (Fsp3) is 0.600. The molecule has 0 aliphatic heterocycles. The molecule has 0 saturated carbocycles. The van der Waals surface area contributed by atoms with Gasteiger partial charge in [-0.1, -0.05) is 13.3 Å². The van der Waals surface area contributed by atoms with Crippen LogP contribution in [0.5, 0.6) is 0 Å². The van der Waals surface area contributed by atoms with E-state index >= 15 is 0 Å². The van der Waals surface area contributed by atoms with Crippen molar-refractivity contribution >= 4 is 11.4 Å². The molecule has 0 aliphatic rings. The van der Waals surface area contributed by atoms with Crippen LogP contribution in [0.1, 0.15) is 39.2 Å². The van der Waals surface area contributed by atoms with Crippen molar-refractivity contribution in [3.05, 3.63) is 23.8 Å². The monoisotopic (exact) mass is 234 g/mol. The van der Waals surface area contributed by atoms with Gasteiger partial charge in [0.05, 0.1) is 0 Å². The highest BCUT2D eigenvalue weighted by molar-refractivity contribution is 5.60.